The summed E-state index contributed by atoms with van der Waals surface area (Å²) in [6, 6.07) is 2.77. The van der Waals surface area contributed by atoms with Gasteiger partial charge in [-0.15, -0.1) is 0 Å². The molecule has 112 valence electrons. The van der Waals surface area contributed by atoms with E-state index in [9.17, 15) is 13.6 Å². The fourth-order valence-electron chi connectivity index (χ4n) is 1.50. The van der Waals surface area contributed by atoms with E-state index in [2.05, 4.69) is 31.3 Å². The summed E-state index contributed by atoms with van der Waals surface area (Å²) in [5.74, 6) is -0.445. The summed E-state index contributed by atoms with van der Waals surface area (Å²) in [6.45, 7) is -2.31. The first kappa shape index (κ1) is 17.1. The van der Waals surface area contributed by atoms with Gasteiger partial charge in [0.2, 0.25) is 5.91 Å². The summed E-state index contributed by atoms with van der Waals surface area (Å²) < 4.78 is 29.4. The fraction of sp³-hybridized carbons (Fsp3) is 0.417. The number of carbonyl (C=O) groups is 1. The highest BCUT2D eigenvalue weighted by molar-refractivity contribution is 9.10. The van der Waals surface area contributed by atoms with E-state index < -0.39 is 6.61 Å². The monoisotopic (exact) mass is 370 g/mol. The summed E-state index contributed by atoms with van der Waals surface area (Å²) >= 11 is 8.91. The van der Waals surface area contributed by atoms with Crippen molar-refractivity contribution in [1.82, 2.24) is 5.32 Å². The molecule has 0 unspecified atom stereocenters. The molecule has 1 aromatic rings. The average Bonchev–Trinajstić information content (AvgIpc) is 2.33. The molecule has 0 aliphatic heterocycles. The zero-order chi connectivity index (χ0) is 15.1. The lowest BCUT2D eigenvalue weighted by Crippen LogP contribution is -2.16. The lowest BCUT2D eigenvalue weighted by Gasteiger charge is -2.14. The Balaban J connectivity index is 2.84. The minimum Gasteiger partial charge on any atom is -0.431 e. The lowest BCUT2D eigenvalue weighted by molar-refractivity contribution is -0.116. The van der Waals surface area contributed by atoms with Crippen LogP contribution < -0.4 is 15.4 Å². The summed E-state index contributed by atoms with van der Waals surface area (Å²) in [5, 5.41) is 5.72. The van der Waals surface area contributed by atoms with Gasteiger partial charge < -0.3 is 15.4 Å². The second kappa shape index (κ2) is 8.39. The van der Waals surface area contributed by atoms with Crippen LogP contribution in [0.5, 0.6) is 5.75 Å². The third-order valence-corrected chi connectivity index (χ3v) is 3.13. The molecule has 0 spiro atoms. The number of nitrogens with one attached hydrogen (secondary N) is 2. The van der Waals surface area contributed by atoms with Crippen LogP contribution in [-0.2, 0) is 4.79 Å². The second-order valence-corrected chi connectivity index (χ2v) is 5.19. The molecule has 0 atom stereocenters. The van der Waals surface area contributed by atoms with E-state index in [1.807, 2.05) is 0 Å². The van der Waals surface area contributed by atoms with Gasteiger partial charge in [0, 0.05) is 11.4 Å². The van der Waals surface area contributed by atoms with Crippen molar-refractivity contribution in [2.75, 3.05) is 18.9 Å². The normalized spacial score (nSPS) is 10.7. The van der Waals surface area contributed by atoms with Crippen LogP contribution in [0, 0.1) is 0 Å². The number of benzene rings is 1. The van der Waals surface area contributed by atoms with E-state index in [1.165, 1.54) is 12.1 Å². The van der Waals surface area contributed by atoms with E-state index in [1.54, 1.807) is 7.05 Å². The quantitative estimate of drug-likeness (QED) is 0.720. The van der Waals surface area contributed by atoms with Gasteiger partial charge >= 0.3 is 6.61 Å². The molecule has 1 aromatic carbocycles. The standard InChI is InChI=1S/C12H14BrClF2N2O2/c1-17-4-2-3-10(19)18-9-6-7(14)5-8(13)11(9)20-12(15)16/h5-6,12,17H,2-4H2,1H3,(H,18,19). The van der Waals surface area contributed by atoms with Crippen LogP contribution in [0.3, 0.4) is 0 Å². The van der Waals surface area contributed by atoms with Gasteiger partial charge in [-0.05, 0) is 48.1 Å². The molecule has 0 aromatic heterocycles. The van der Waals surface area contributed by atoms with Crippen LogP contribution in [-0.4, -0.2) is 26.1 Å². The third-order valence-electron chi connectivity index (χ3n) is 2.32. The molecule has 0 saturated heterocycles. The summed E-state index contributed by atoms with van der Waals surface area (Å²) in [5.41, 5.74) is 0.110. The molecule has 4 nitrogen and oxygen atoms in total. The van der Waals surface area contributed by atoms with Crippen LogP contribution in [0.25, 0.3) is 0 Å². The Morgan fingerprint density at radius 1 is 1.50 bits per heavy atom. The Bertz CT molecular complexity index is 475. The summed E-state index contributed by atoms with van der Waals surface area (Å²) in [4.78, 5) is 11.7. The highest BCUT2D eigenvalue weighted by Gasteiger charge is 2.16. The molecule has 20 heavy (non-hydrogen) atoms. The fourth-order valence-corrected chi connectivity index (χ4v) is 2.40. The predicted molar refractivity (Wildman–Crippen MR) is 77.6 cm³/mol. The van der Waals surface area contributed by atoms with Gasteiger partial charge in [-0.3, -0.25) is 4.79 Å². The van der Waals surface area contributed by atoms with Crippen molar-refractivity contribution in [2.24, 2.45) is 0 Å². The number of rotatable bonds is 7. The van der Waals surface area contributed by atoms with Gasteiger partial charge in [0.1, 0.15) is 0 Å². The van der Waals surface area contributed by atoms with Gasteiger partial charge in [0.25, 0.3) is 0 Å². The number of anilines is 1. The maximum Gasteiger partial charge on any atom is 0.387 e. The Kier molecular flexibility index (Phi) is 7.18. The van der Waals surface area contributed by atoms with Gasteiger partial charge in [0.15, 0.2) is 5.75 Å². The molecule has 2 N–H and O–H groups in total. The zero-order valence-corrected chi connectivity index (χ0v) is 13.0. The highest BCUT2D eigenvalue weighted by atomic mass is 79.9. The molecular weight excluding hydrogens is 357 g/mol. The number of hydrogen-bond donors (Lipinski definition) is 2. The number of amides is 1. The molecule has 0 aliphatic rings. The first-order chi connectivity index (χ1) is 9.43. The van der Waals surface area contributed by atoms with E-state index in [0.717, 1.165) is 0 Å². The molecule has 0 bridgehead atoms. The Hall–Kier alpha value is -0.920. The number of alkyl halides is 2. The van der Waals surface area contributed by atoms with Gasteiger partial charge in [-0.2, -0.15) is 8.78 Å². The van der Waals surface area contributed by atoms with Gasteiger partial charge in [-0.25, -0.2) is 0 Å². The summed E-state index contributed by atoms with van der Waals surface area (Å²) in [6.07, 6.45) is 0.897. The zero-order valence-electron chi connectivity index (χ0n) is 10.7. The molecule has 0 saturated carbocycles. The minimum absolute atomic E-state index is 0.110. The Morgan fingerprint density at radius 3 is 2.80 bits per heavy atom. The van der Waals surface area contributed by atoms with E-state index in [4.69, 9.17) is 11.6 Å². The van der Waals surface area contributed by atoms with Crippen molar-refractivity contribution in [2.45, 2.75) is 19.5 Å². The van der Waals surface area contributed by atoms with Crippen LogP contribution in [0.4, 0.5) is 14.5 Å². The molecule has 0 radical (unpaired) electrons. The number of carbonyl (C=O) groups excluding carboxylic acids is 1. The Labute approximate surface area is 128 Å². The van der Waals surface area contributed by atoms with Crippen molar-refractivity contribution in [3.63, 3.8) is 0 Å². The molecular formula is C12H14BrClF2N2O2. The maximum absolute atomic E-state index is 12.4. The van der Waals surface area contributed by atoms with Crippen molar-refractivity contribution in [3.8, 4) is 5.75 Å². The van der Waals surface area contributed by atoms with Crippen molar-refractivity contribution in [3.05, 3.63) is 21.6 Å². The molecule has 0 fully saturated rings. The van der Waals surface area contributed by atoms with Crippen molar-refractivity contribution < 1.29 is 18.3 Å². The highest BCUT2D eigenvalue weighted by Crippen LogP contribution is 2.37. The molecule has 1 amide bonds. The van der Waals surface area contributed by atoms with E-state index in [0.29, 0.717) is 18.0 Å². The van der Waals surface area contributed by atoms with Crippen LogP contribution >= 0.6 is 27.5 Å². The first-order valence-corrected chi connectivity index (χ1v) is 6.99. The van der Waals surface area contributed by atoms with Crippen LogP contribution in [0.15, 0.2) is 16.6 Å². The first-order valence-electron chi connectivity index (χ1n) is 5.82. The minimum atomic E-state index is -2.99. The van der Waals surface area contributed by atoms with Crippen LogP contribution in [0.2, 0.25) is 5.02 Å². The number of halogens is 4. The molecule has 0 heterocycles. The van der Waals surface area contributed by atoms with E-state index in [-0.39, 0.29) is 28.2 Å². The number of ether oxygens (including phenoxy) is 1. The molecule has 1 rings (SSSR count). The third kappa shape index (κ3) is 5.60. The predicted octanol–water partition coefficient (Wildman–Crippen LogP) is 3.64. The van der Waals surface area contributed by atoms with Crippen LogP contribution in [0.1, 0.15) is 12.8 Å². The second-order valence-electron chi connectivity index (χ2n) is 3.90. The maximum atomic E-state index is 12.4. The van der Waals surface area contributed by atoms with E-state index >= 15 is 0 Å². The smallest absolute Gasteiger partial charge is 0.387 e. The van der Waals surface area contributed by atoms with Gasteiger partial charge in [-0.1, -0.05) is 11.6 Å². The van der Waals surface area contributed by atoms with Crippen molar-refractivity contribution >= 4 is 39.1 Å². The summed E-state index contributed by atoms with van der Waals surface area (Å²) in [7, 11) is 1.78. The van der Waals surface area contributed by atoms with Crippen molar-refractivity contribution in [1.29, 1.82) is 0 Å². The largest absolute Gasteiger partial charge is 0.431 e. The average molecular weight is 372 g/mol. The number of hydrogen-bond acceptors (Lipinski definition) is 3. The Morgan fingerprint density at radius 2 is 2.20 bits per heavy atom. The topological polar surface area (TPSA) is 50.4 Å². The van der Waals surface area contributed by atoms with Gasteiger partial charge in [0.05, 0.1) is 10.2 Å². The molecule has 0 aliphatic carbocycles. The SMILES string of the molecule is CNCCCC(=O)Nc1cc(Cl)cc(Br)c1OC(F)F. The molecule has 8 heteroatoms. The lowest BCUT2D eigenvalue weighted by atomic mass is 10.2.